The number of piperidine rings is 1. The van der Waals surface area contributed by atoms with Crippen LogP contribution in [0.1, 0.15) is 18.4 Å². The van der Waals surface area contributed by atoms with Crippen LogP contribution in [0.3, 0.4) is 0 Å². The van der Waals surface area contributed by atoms with Crippen molar-refractivity contribution in [2.75, 3.05) is 30.3 Å². The van der Waals surface area contributed by atoms with Gasteiger partial charge in [-0.2, -0.15) is 0 Å². The molecule has 0 atom stereocenters. The fourth-order valence-corrected chi connectivity index (χ4v) is 3.30. The fourth-order valence-electron chi connectivity index (χ4n) is 3.30. The molecular formula is C20H26N4O. The minimum Gasteiger partial charge on any atom is -0.381 e. The molecule has 0 aliphatic carbocycles. The number of nitrogens with zero attached hydrogens (tertiary/aromatic N) is 1. The molecule has 0 bridgehead atoms. The van der Waals surface area contributed by atoms with E-state index in [0.717, 1.165) is 50.3 Å². The second kappa shape index (κ2) is 8.53. The van der Waals surface area contributed by atoms with E-state index in [1.165, 1.54) is 5.56 Å². The second-order valence-corrected chi connectivity index (χ2v) is 6.53. The van der Waals surface area contributed by atoms with Gasteiger partial charge in [0.15, 0.2) is 0 Å². The van der Waals surface area contributed by atoms with Gasteiger partial charge in [0.1, 0.15) is 0 Å². The lowest BCUT2D eigenvalue weighted by Gasteiger charge is -2.33. The van der Waals surface area contributed by atoms with Gasteiger partial charge < -0.3 is 21.3 Å². The monoisotopic (exact) mass is 338 g/mol. The predicted molar refractivity (Wildman–Crippen MR) is 103 cm³/mol. The van der Waals surface area contributed by atoms with Crippen LogP contribution in [0.5, 0.6) is 0 Å². The maximum absolute atomic E-state index is 11.1. The maximum Gasteiger partial charge on any atom is 0.316 e. The number of amides is 2. The number of para-hydroxylation sites is 2. The summed E-state index contributed by atoms with van der Waals surface area (Å²) in [5.74, 6) is 0. The van der Waals surface area contributed by atoms with Gasteiger partial charge in [-0.3, -0.25) is 0 Å². The Labute approximate surface area is 149 Å². The molecule has 3 rings (SSSR count). The number of nitrogens with two attached hydrogens (primary N) is 1. The molecule has 25 heavy (non-hydrogen) atoms. The van der Waals surface area contributed by atoms with Crippen LogP contribution in [0.25, 0.3) is 0 Å². The molecule has 2 amide bonds. The number of primary amides is 1. The molecule has 4 N–H and O–H groups in total. The molecule has 2 aromatic carbocycles. The number of urea groups is 1. The average Bonchev–Trinajstić information content (AvgIpc) is 2.63. The van der Waals surface area contributed by atoms with Crippen molar-refractivity contribution < 1.29 is 4.79 Å². The molecule has 132 valence electrons. The van der Waals surface area contributed by atoms with Gasteiger partial charge in [-0.05, 0) is 37.0 Å². The van der Waals surface area contributed by atoms with Gasteiger partial charge in [0.2, 0.25) is 0 Å². The van der Waals surface area contributed by atoms with Gasteiger partial charge in [-0.25, -0.2) is 4.79 Å². The van der Waals surface area contributed by atoms with Crippen molar-refractivity contribution in [1.29, 1.82) is 0 Å². The van der Waals surface area contributed by atoms with Crippen molar-refractivity contribution in [3.8, 4) is 0 Å². The zero-order valence-corrected chi connectivity index (χ0v) is 14.4. The molecule has 1 aliphatic rings. The SMILES string of the molecule is NC(=O)Nc1ccccc1NC1CCN(CCc2ccccc2)CC1. The van der Waals surface area contributed by atoms with E-state index >= 15 is 0 Å². The van der Waals surface area contributed by atoms with Crippen LogP contribution in [0.15, 0.2) is 54.6 Å². The smallest absolute Gasteiger partial charge is 0.316 e. The summed E-state index contributed by atoms with van der Waals surface area (Å²) >= 11 is 0. The summed E-state index contributed by atoms with van der Waals surface area (Å²) in [6.07, 6.45) is 3.30. The minimum atomic E-state index is -0.537. The molecule has 0 saturated carbocycles. The van der Waals surface area contributed by atoms with Crippen LogP contribution < -0.4 is 16.4 Å². The highest BCUT2D eigenvalue weighted by molar-refractivity contribution is 5.91. The first-order chi connectivity index (χ1) is 12.2. The fraction of sp³-hybridized carbons (Fsp3) is 0.350. The Balaban J connectivity index is 1.47. The normalized spacial score (nSPS) is 15.7. The third kappa shape index (κ3) is 5.22. The van der Waals surface area contributed by atoms with Gasteiger partial charge in [0.05, 0.1) is 11.4 Å². The third-order valence-electron chi connectivity index (χ3n) is 4.69. The summed E-state index contributed by atoms with van der Waals surface area (Å²) in [6, 6.07) is 18.2. The van der Waals surface area contributed by atoms with E-state index < -0.39 is 6.03 Å². The van der Waals surface area contributed by atoms with Crippen molar-refractivity contribution in [1.82, 2.24) is 4.90 Å². The van der Waals surface area contributed by atoms with E-state index in [1.807, 2.05) is 24.3 Å². The van der Waals surface area contributed by atoms with Crippen molar-refractivity contribution in [2.24, 2.45) is 5.73 Å². The molecule has 5 nitrogen and oxygen atoms in total. The molecular weight excluding hydrogens is 312 g/mol. The van der Waals surface area contributed by atoms with Crippen LogP contribution in [0.2, 0.25) is 0 Å². The molecule has 1 fully saturated rings. The van der Waals surface area contributed by atoms with Gasteiger partial charge in [-0.15, -0.1) is 0 Å². The molecule has 0 aromatic heterocycles. The highest BCUT2D eigenvalue weighted by Gasteiger charge is 2.19. The van der Waals surface area contributed by atoms with E-state index in [-0.39, 0.29) is 0 Å². The molecule has 1 aliphatic heterocycles. The van der Waals surface area contributed by atoms with Crippen molar-refractivity contribution in [3.05, 3.63) is 60.2 Å². The van der Waals surface area contributed by atoms with Crippen molar-refractivity contribution in [2.45, 2.75) is 25.3 Å². The number of carbonyl (C=O) groups excluding carboxylic acids is 1. The van der Waals surface area contributed by atoms with Gasteiger partial charge in [0, 0.05) is 25.7 Å². The Hall–Kier alpha value is -2.53. The Morgan fingerprint density at radius 2 is 1.64 bits per heavy atom. The number of benzene rings is 2. The second-order valence-electron chi connectivity index (χ2n) is 6.53. The minimum absolute atomic E-state index is 0.420. The number of hydrogen-bond acceptors (Lipinski definition) is 3. The van der Waals surface area contributed by atoms with E-state index in [2.05, 4.69) is 45.9 Å². The molecule has 0 radical (unpaired) electrons. The first-order valence-corrected chi connectivity index (χ1v) is 8.89. The van der Waals surface area contributed by atoms with Crippen molar-refractivity contribution in [3.63, 3.8) is 0 Å². The highest BCUT2D eigenvalue weighted by Crippen LogP contribution is 2.24. The third-order valence-corrected chi connectivity index (χ3v) is 4.69. The summed E-state index contributed by atoms with van der Waals surface area (Å²) in [4.78, 5) is 13.6. The number of nitrogens with one attached hydrogen (secondary N) is 2. The molecule has 0 unspecified atom stereocenters. The molecule has 2 aromatic rings. The van der Waals surface area contributed by atoms with Crippen LogP contribution in [-0.2, 0) is 6.42 Å². The standard InChI is InChI=1S/C20H26N4O/c21-20(25)23-19-9-5-4-8-18(19)22-17-11-14-24(15-12-17)13-10-16-6-2-1-3-7-16/h1-9,17,22H,10-15H2,(H3,21,23,25). The van der Waals surface area contributed by atoms with Gasteiger partial charge in [-0.1, -0.05) is 42.5 Å². The zero-order valence-electron chi connectivity index (χ0n) is 14.4. The van der Waals surface area contributed by atoms with E-state index in [0.29, 0.717) is 6.04 Å². The lowest BCUT2D eigenvalue weighted by atomic mass is 10.0. The first-order valence-electron chi connectivity index (χ1n) is 8.89. The summed E-state index contributed by atoms with van der Waals surface area (Å²) in [7, 11) is 0. The molecule has 1 saturated heterocycles. The first kappa shape index (κ1) is 17.3. The Morgan fingerprint density at radius 3 is 2.32 bits per heavy atom. The number of likely N-dealkylation sites (tertiary alicyclic amines) is 1. The average molecular weight is 338 g/mol. The lowest BCUT2D eigenvalue weighted by Crippen LogP contribution is -2.40. The van der Waals surface area contributed by atoms with Crippen LogP contribution >= 0.6 is 0 Å². The summed E-state index contributed by atoms with van der Waals surface area (Å²) < 4.78 is 0. The Kier molecular flexibility index (Phi) is 5.90. The summed E-state index contributed by atoms with van der Waals surface area (Å²) in [6.45, 7) is 3.29. The van der Waals surface area contributed by atoms with E-state index in [4.69, 9.17) is 5.73 Å². The van der Waals surface area contributed by atoms with Crippen LogP contribution in [0.4, 0.5) is 16.2 Å². The van der Waals surface area contributed by atoms with Crippen molar-refractivity contribution >= 4 is 17.4 Å². The quantitative estimate of drug-likeness (QED) is 0.757. The highest BCUT2D eigenvalue weighted by atomic mass is 16.2. The number of hydrogen-bond donors (Lipinski definition) is 3. The van der Waals surface area contributed by atoms with E-state index in [1.54, 1.807) is 0 Å². The Morgan fingerprint density at radius 1 is 1.00 bits per heavy atom. The topological polar surface area (TPSA) is 70.4 Å². The maximum atomic E-state index is 11.1. The number of carbonyl (C=O) groups is 1. The van der Waals surface area contributed by atoms with Crippen LogP contribution in [0, 0.1) is 0 Å². The number of rotatable bonds is 6. The van der Waals surface area contributed by atoms with E-state index in [9.17, 15) is 4.79 Å². The predicted octanol–water partition coefficient (Wildman–Crippen LogP) is 3.30. The lowest BCUT2D eigenvalue weighted by molar-refractivity contribution is 0.221. The zero-order chi connectivity index (χ0) is 17.5. The largest absolute Gasteiger partial charge is 0.381 e. The molecule has 5 heteroatoms. The number of anilines is 2. The summed E-state index contributed by atoms with van der Waals surface area (Å²) in [5, 5.41) is 6.23. The van der Waals surface area contributed by atoms with Gasteiger partial charge >= 0.3 is 6.03 Å². The molecule has 1 heterocycles. The summed E-state index contributed by atoms with van der Waals surface area (Å²) in [5.41, 5.74) is 8.31. The van der Waals surface area contributed by atoms with Crippen LogP contribution in [-0.4, -0.2) is 36.6 Å². The van der Waals surface area contributed by atoms with Gasteiger partial charge in [0.25, 0.3) is 0 Å². The molecule has 0 spiro atoms. The Bertz CT molecular complexity index is 681.